The average molecular weight is 336 g/mol. The van der Waals surface area contributed by atoms with Gasteiger partial charge in [0, 0.05) is 11.8 Å². The Kier molecular flexibility index (Phi) is 4.18. The summed E-state index contributed by atoms with van der Waals surface area (Å²) in [6.07, 6.45) is 3.04. The van der Waals surface area contributed by atoms with Crippen LogP contribution in [0.25, 0.3) is 17.1 Å². The molecular weight excluding hydrogens is 316 g/mol. The first kappa shape index (κ1) is 16.7. The van der Waals surface area contributed by atoms with Crippen LogP contribution in [-0.2, 0) is 9.47 Å². The summed E-state index contributed by atoms with van der Waals surface area (Å²) in [6.45, 7) is 1.03. The van der Waals surface area contributed by atoms with Crippen LogP contribution in [0.4, 0.5) is 5.82 Å². The third-order valence-corrected chi connectivity index (χ3v) is 4.24. The third kappa shape index (κ3) is 2.42. The van der Waals surface area contributed by atoms with E-state index in [0.717, 1.165) is 0 Å². The number of hydrogen-bond donors (Lipinski definition) is 4. The molecule has 0 radical (unpaired) electrons. The van der Waals surface area contributed by atoms with E-state index in [-0.39, 0.29) is 5.82 Å². The lowest BCUT2D eigenvalue weighted by Gasteiger charge is -2.27. The number of nitrogen functional groups attached to an aromatic ring is 1. The normalized spacial score (nSPS) is 30.5. The highest BCUT2D eigenvalue weighted by atomic mass is 16.6. The van der Waals surface area contributed by atoms with E-state index in [1.54, 1.807) is 16.8 Å². The lowest BCUT2D eigenvalue weighted by Crippen LogP contribution is -2.44. The van der Waals surface area contributed by atoms with Crippen molar-refractivity contribution in [3.05, 3.63) is 24.3 Å². The Morgan fingerprint density at radius 1 is 1.50 bits per heavy atom. The first-order chi connectivity index (χ1) is 11.4. The maximum Gasteiger partial charge on any atom is 0.167 e. The van der Waals surface area contributed by atoms with E-state index < -0.39 is 30.6 Å². The molecule has 130 valence electrons. The van der Waals surface area contributed by atoms with Crippen molar-refractivity contribution in [2.24, 2.45) is 0 Å². The number of nitrogens with two attached hydrogens (primary N) is 1. The van der Waals surface area contributed by atoms with Crippen LogP contribution < -0.4 is 5.73 Å². The summed E-state index contributed by atoms with van der Waals surface area (Å²) in [7, 11) is 1.52. The molecule has 4 atom stereocenters. The van der Waals surface area contributed by atoms with Gasteiger partial charge in [0.1, 0.15) is 35.6 Å². The minimum absolute atomic E-state index is 0.270. The van der Waals surface area contributed by atoms with Gasteiger partial charge in [0.05, 0.1) is 25.4 Å². The van der Waals surface area contributed by atoms with Crippen molar-refractivity contribution in [1.82, 2.24) is 14.5 Å². The highest BCUT2D eigenvalue weighted by molar-refractivity contribution is 5.94. The van der Waals surface area contributed by atoms with Gasteiger partial charge in [-0.1, -0.05) is 0 Å². The number of nitrogens with zero attached hydrogens (tertiary/aromatic N) is 3. The smallest absolute Gasteiger partial charge is 0.167 e. The summed E-state index contributed by atoms with van der Waals surface area (Å²) in [5.41, 5.74) is 5.45. The van der Waals surface area contributed by atoms with Crippen molar-refractivity contribution >= 4 is 22.9 Å². The van der Waals surface area contributed by atoms with Crippen LogP contribution in [0.15, 0.2) is 18.8 Å². The van der Waals surface area contributed by atoms with Gasteiger partial charge in [-0.3, -0.25) is 0 Å². The fourth-order valence-electron chi connectivity index (χ4n) is 2.97. The van der Waals surface area contributed by atoms with E-state index >= 15 is 0 Å². The number of rotatable bonds is 4. The van der Waals surface area contributed by atoms with Gasteiger partial charge < -0.3 is 35.1 Å². The van der Waals surface area contributed by atoms with E-state index in [2.05, 4.69) is 9.97 Å². The molecule has 9 heteroatoms. The summed E-state index contributed by atoms with van der Waals surface area (Å²) >= 11 is 0. The fourth-order valence-corrected chi connectivity index (χ4v) is 2.97. The standard InChI is InChI=1S/C15H20N4O5/c1-15(22)11(21)9(6-20)24-14(15)19-5-8(3-4-23-2)10-12(16)17-7-18-13(10)19/h3-5,7,9,11,14,20-22H,6H2,1-2H3,(H2,16,17,18)/b4-3-/t9?,11-,14?,15+/m1/s1. The van der Waals surface area contributed by atoms with Crippen molar-refractivity contribution in [2.45, 2.75) is 31.0 Å². The molecule has 3 heterocycles. The Morgan fingerprint density at radius 2 is 2.25 bits per heavy atom. The molecule has 2 unspecified atom stereocenters. The Bertz CT molecular complexity index is 773. The molecule has 0 spiro atoms. The van der Waals surface area contributed by atoms with Crippen LogP contribution in [0, 0.1) is 0 Å². The molecule has 24 heavy (non-hydrogen) atoms. The summed E-state index contributed by atoms with van der Waals surface area (Å²) in [5, 5.41) is 30.8. The maximum absolute atomic E-state index is 10.7. The summed E-state index contributed by atoms with van der Waals surface area (Å²) in [4.78, 5) is 8.20. The highest BCUT2D eigenvalue weighted by Crippen LogP contribution is 2.40. The molecule has 0 bridgehead atoms. The van der Waals surface area contributed by atoms with Crippen molar-refractivity contribution in [3.63, 3.8) is 0 Å². The first-order valence-electron chi connectivity index (χ1n) is 7.39. The van der Waals surface area contributed by atoms with Gasteiger partial charge in [0.15, 0.2) is 6.23 Å². The Labute approximate surface area is 138 Å². The number of aromatic nitrogens is 3. The van der Waals surface area contributed by atoms with E-state index in [1.165, 1.54) is 26.6 Å². The molecule has 5 N–H and O–H groups in total. The summed E-state index contributed by atoms with van der Waals surface area (Å²) in [6, 6.07) is 0. The Morgan fingerprint density at radius 3 is 2.88 bits per heavy atom. The molecule has 2 aromatic rings. The lowest BCUT2D eigenvalue weighted by molar-refractivity contribution is -0.0948. The molecule has 0 saturated carbocycles. The first-order valence-corrected chi connectivity index (χ1v) is 7.39. The van der Waals surface area contributed by atoms with Crippen molar-refractivity contribution < 1.29 is 24.8 Å². The maximum atomic E-state index is 10.7. The molecule has 0 aliphatic carbocycles. The lowest BCUT2D eigenvalue weighted by atomic mass is 9.96. The van der Waals surface area contributed by atoms with Crippen molar-refractivity contribution in [2.75, 3.05) is 19.5 Å². The van der Waals surface area contributed by atoms with E-state index in [9.17, 15) is 15.3 Å². The fraction of sp³-hybridized carbons (Fsp3) is 0.467. The van der Waals surface area contributed by atoms with Gasteiger partial charge >= 0.3 is 0 Å². The number of aliphatic hydroxyl groups excluding tert-OH is 2. The molecule has 1 aliphatic rings. The van der Waals surface area contributed by atoms with Gasteiger partial charge in [0.25, 0.3) is 0 Å². The quantitative estimate of drug-likeness (QED) is 0.555. The molecular formula is C15H20N4O5. The van der Waals surface area contributed by atoms with Gasteiger partial charge in [0.2, 0.25) is 0 Å². The number of methoxy groups -OCH3 is 1. The zero-order valence-corrected chi connectivity index (χ0v) is 13.3. The summed E-state index contributed by atoms with van der Waals surface area (Å²) < 4.78 is 12.2. The molecule has 1 saturated heterocycles. The highest BCUT2D eigenvalue weighted by Gasteiger charge is 2.53. The molecule has 3 rings (SSSR count). The van der Waals surface area contributed by atoms with Crippen LogP contribution in [-0.4, -0.2) is 61.4 Å². The van der Waals surface area contributed by atoms with Gasteiger partial charge in [-0.25, -0.2) is 9.97 Å². The SMILES string of the molecule is CO/C=C\c1cn(C2OC(CO)[C@@H](O)[C@]2(C)O)c2ncnc(N)c12. The van der Waals surface area contributed by atoms with Gasteiger partial charge in [-0.05, 0) is 13.0 Å². The number of fused-ring (bicyclic) bond motifs is 1. The minimum atomic E-state index is -1.62. The van der Waals surface area contributed by atoms with E-state index in [0.29, 0.717) is 16.6 Å². The number of anilines is 1. The Hall–Kier alpha value is -2.20. The second kappa shape index (κ2) is 6.02. The zero-order valence-electron chi connectivity index (χ0n) is 13.3. The molecule has 1 aliphatic heterocycles. The van der Waals surface area contributed by atoms with Crippen LogP contribution in [0.1, 0.15) is 18.7 Å². The zero-order chi connectivity index (χ0) is 17.5. The number of hydrogen-bond acceptors (Lipinski definition) is 8. The second-order valence-electron chi connectivity index (χ2n) is 5.87. The largest absolute Gasteiger partial charge is 0.504 e. The monoisotopic (exact) mass is 336 g/mol. The third-order valence-electron chi connectivity index (χ3n) is 4.24. The van der Waals surface area contributed by atoms with Gasteiger partial charge in [-0.2, -0.15) is 0 Å². The number of ether oxygens (including phenoxy) is 2. The summed E-state index contributed by atoms with van der Waals surface area (Å²) in [5.74, 6) is 0.270. The van der Waals surface area contributed by atoms with Gasteiger partial charge in [-0.15, -0.1) is 0 Å². The minimum Gasteiger partial charge on any atom is -0.504 e. The van der Waals surface area contributed by atoms with Crippen molar-refractivity contribution in [3.8, 4) is 0 Å². The predicted octanol–water partition coefficient (Wildman–Crippen LogP) is -0.368. The Balaban J connectivity index is 2.17. The van der Waals surface area contributed by atoms with Crippen LogP contribution in [0.2, 0.25) is 0 Å². The average Bonchev–Trinajstić information content (AvgIpc) is 3.02. The van der Waals surface area contributed by atoms with E-state index in [1.807, 2.05) is 0 Å². The van der Waals surface area contributed by atoms with Crippen LogP contribution in [0.5, 0.6) is 0 Å². The molecule has 1 fully saturated rings. The van der Waals surface area contributed by atoms with Crippen LogP contribution in [0.3, 0.4) is 0 Å². The van der Waals surface area contributed by atoms with Crippen molar-refractivity contribution in [1.29, 1.82) is 0 Å². The second-order valence-corrected chi connectivity index (χ2v) is 5.87. The molecule has 0 amide bonds. The van der Waals surface area contributed by atoms with E-state index in [4.69, 9.17) is 15.2 Å². The molecule has 2 aromatic heterocycles. The topological polar surface area (TPSA) is 136 Å². The number of aliphatic hydroxyl groups is 3. The molecule has 9 nitrogen and oxygen atoms in total. The predicted molar refractivity (Wildman–Crippen MR) is 85.6 cm³/mol. The molecule has 0 aromatic carbocycles. The van der Waals surface area contributed by atoms with Crippen LogP contribution >= 0.6 is 0 Å².